The van der Waals surface area contributed by atoms with E-state index in [4.69, 9.17) is 44.2 Å². The Hall–Kier alpha value is -3.02. The van der Waals surface area contributed by atoms with Gasteiger partial charge in [0.1, 0.15) is 5.69 Å². The van der Waals surface area contributed by atoms with Gasteiger partial charge in [0.05, 0.1) is 27.2 Å². The van der Waals surface area contributed by atoms with Crippen molar-refractivity contribution in [2.45, 2.75) is 25.4 Å². The topological polar surface area (TPSA) is 85.8 Å². The summed E-state index contributed by atoms with van der Waals surface area (Å²) in [4.78, 5) is 26.0. The fourth-order valence-corrected chi connectivity index (χ4v) is 4.21. The van der Waals surface area contributed by atoms with E-state index in [0.717, 1.165) is 29.5 Å². The van der Waals surface area contributed by atoms with Crippen LogP contribution in [0.15, 0.2) is 35.1 Å². The molecular weight excluding hydrogens is 534 g/mol. The molecule has 1 aliphatic heterocycles. The number of hydrogen-bond acceptors (Lipinski definition) is 6. The molecule has 14 heteroatoms. The van der Waals surface area contributed by atoms with Crippen LogP contribution in [0.5, 0.6) is 5.75 Å². The number of piperidine rings is 1. The number of hydroxylamine groups is 2. The van der Waals surface area contributed by atoms with Crippen LogP contribution in [0.25, 0.3) is 28.6 Å². The summed E-state index contributed by atoms with van der Waals surface area (Å²) in [6.45, 7) is 0.441. The van der Waals surface area contributed by atoms with Gasteiger partial charge in [-0.05, 0) is 25.0 Å². The van der Waals surface area contributed by atoms with E-state index in [0.29, 0.717) is 18.5 Å². The Kier molecular flexibility index (Phi) is 6.02. The highest BCUT2D eigenvalue weighted by molar-refractivity contribution is 6.36. The average molecular weight is 547 g/mol. The summed E-state index contributed by atoms with van der Waals surface area (Å²) < 4.78 is 45.6. The summed E-state index contributed by atoms with van der Waals surface area (Å²) in [6, 6.07) is 3.68. The molecule has 0 spiro atoms. The molecule has 0 atom stereocenters. The van der Waals surface area contributed by atoms with E-state index in [-0.39, 0.29) is 49.8 Å². The molecule has 5 rings (SSSR count). The monoisotopic (exact) mass is 545 g/mol. The highest BCUT2D eigenvalue weighted by Gasteiger charge is 2.32. The number of alkyl halides is 3. The number of benzene rings is 1. The predicted molar refractivity (Wildman–Crippen MR) is 120 cm³/mol. The zero-order valence-electron chi connectivity index (χ0n) is 17.4. The van der Waals surface area contributed by atoms with Gasteiger partial charge in [0.25, 0.3) is 11.8 Å². The van der Waals surface area contributed by atoms with Gasteiger partial charge in [0.15, 0.2) is 11.4 Å². The number of aromatic nitrogens is 4. The van der Waals surface area contributed by atoms with Gasteiger partial charge in [-0.1, -0.05) is 40.0 Å². The Labute approximate surface area is 210 Å². The Morgan fingerprint density at radius 2 is 1.80 bits per heavy atom. The summed E-state index contributed by atoms with van der Waals surface area (Å²) in [7, 11) is 0. The number of rotatable bonds is 4. The lowest BCUT2D eigenvalue weighted by Crippen LogP contribution is -2.38. The third-order valence-electron chi connectivity index (χ3n) is 5.23. The molecule has 1 aliphatic rings. The standard InChI is InChI=1S/C21H13Cl3F3N5O3/c22-12-7-16(35-32-4-2-1-3-17(32)33)13(23)6-11(12)18-29-20(34-30-18)15-9-31-8-10(21(25,26)27)5-14(24)19(31)28-15/h5-9H,1-4H2. The van der Waals surface area contributed by atoms with Gasteiger partial charge in [-0.3, -0.25) is 4.79 Å². The average Bonchev–Trinajstić information content (AvgIpc) is 3.44. The molecule has 0 aliphatic carbocycles. The molecule has 182 valence electrons. The van der Waals surface area contributed by atoms with Crippen molar-refractivity contribution in [2.75, 3.05) is 6.54 Å². The molecule has 35 heavy (non-hydrogen) atoms. The zero-order valence-corrected chi connectivity index (χ0v) is 19.7. The Bertz CT molecular complexity index is 1450. The van der Waals surface area contributed by atoms with Crippen LogP contribution in [0, 0.1) is 0 Å². The number of hydrogen-bond donors (Lipinski definition) is 0. The van der Waals surface area contributed by atoms with Gasteiger partial charge in [-0.2, -0.15) is 23.2 Å². The van der Waals surface area contributed by atoms with E-state index >= 15 is 0 Å². The Balaban J connectivity index is 1.44. The minimum absolute atomic E-state index is 0.0617. The summed E-state index contributed by atoms with van der Waals surface area (Å²) >= 11 is 18.7. The molecule has 0 radical (unpaired) electrons. The third kappa shape index (κ3) is 4.63. The van der Waals surface area contributed by atoms with Crippen LogP contribution in [-0.2, 0) is 11.0 Å². The maximum atomic E-state index is 13.1. The fourth-order valence-electron chi connectivity index (χ4n) is 3.52. The molecule has 8 nitrogen and oxygen atoms in total. The lowest BCUT2D eigenvalue weighted by atomic mass is 10.1. The molecule has 0 unspecified atom stereocenters. The summed E-state index contributed by atoms with van der Waals surface area (Å²) in [5.74, 6) is 0.0338. The van der Waals surface area contributed by atoms with Crippen molar-refractivity contribution in [3.05, 3.63) is 51.2 Å². The van der Waals surface area contributed by atoms with Crippen LogP contribution in [0.3, 0.4) is 0 Å². The van der Waals surface area contributed by atoms with Gasteiger partial charge in [0, 0.05) is 30.4 Å². The zero-order chi connectivity index (χ0) is 24.9. The Morgan fingerprint density at radius 3 is 2.54 bits per heavy atom. The maximum absolute atomic E-state index is 13.1. The molecule has 4 aromatic rings. The normalized spacial score (nSPS) is 14.7. The lowest BCUT2D eigenvalue weighted by molar-refractivity contribution is -0.161. The van der Waals surface area contributed by atoms with Crippen molar-refractivity contribution >= 4 is 46.4 Å². The number of nitrogens with zero attached hydrogens (tertiary/aromatic N) is 5. The van der Waals surface area contributed by atoms with Crippen molar-refractivity contribution < 1.29 is 27.3 Å². The number of amides is 1. The van der Waals surface area contributed by atoms with E-state index in [1.807, 2.05) is 0 Å². The molecule has 4 heterocycles. The van der Waals surface area contributed by atoms with E-state index < -0.39 is 11.7 Å². The molecule has 1 amide bonds. The van der Waals surface area contributed by atoms with Crippen LogP contribution in [0.1, 0.15) is 24.8 Å². The fraction of sp³-hybridized carbons (Fsp3) is 0.238. The molecule has 1 fully saturated rings. The summed E-state index contributed by atoms with van der Waals surface area (Å²) in [5.41, 5.74) is -0.426. The number of carbonyl (C=O) groups is 1. The van der Waals surface area contributed by atoms with Crippen molar-refractivity contribution in [2.24, 2.45) is 0 Å². The second-order valence-corrected chi connectivity index (χ2v) is 8.88. The number of carbonyl (C=O) groups excluding carboxylic acids is 1. The highest BCUT2D eigenvalue weighted by Crippen LogP contribution is 2.37. The minimum atomic E-state index is -4.58. The van der Waals surface area contributed by atoms with Crippen LogP contribution < -0.4 is 4.84 Å². The van der Waals surface area contributed by atoms with Gasteiger partial charge in [-0.15, -0.1) is 0 Å². The number of fused-ring (bicyclic) bond motifs is 1. The van der Waals surface area contributed by atoms with Crippen molar-refractivity contribution in [1.29, 1.82) is 0 Å². The van der Waals surface area contributed by atoms with E-state index in [2.05, 4.69) is 15.1 Å². The summed E-state index contributed by atoms with van der Waals surface area (Å²) in [6.07, 6.45) is -0.429. The molecular formula is C21H13Cl3F3N5O3. The Morgan fingerprint density at radius 1 is 1.00 bits per heavy atom. The van der Waals surface area contributed by atoms with E-state index in [1.54, 1.807) is 0 Å². The minimum Gasteiger partial charge on any atom is -0.375 e. The number of imidazole rings is 1. The molecule has 1 aromatic carbocycles. The number of halogens is 6. The van der Waals surface area contributed by atoms with Crippen LogP contribution in [0.4, 0.5) is 13.2 Å². The predicted octanol–water partition coefficient (Wildman–Crippen LogP) is 6.34. The van der Waals surface area contributed by atoms with Crippen molar-refractivity contribution in [3.8, 4) is 28.7 Å². The van der Waals surface area contributed by atoms with Crippen molar-refractivity contribution in [3.63, 3.8) is 0 Å². The first-order valence-electron chi connectivity index (χ1n) is 10.2. The SMILES string of the molecule is O=C1CCCCN1Oc1cc(Cl)c(-c2noc(-c3cn4cc(C(F)(F)F)cc(Cl)c4n3)n2)cc1Cl. The van der Waals surface area contributed by atoms with Gasteiger partial charge in [-0.25, -0.2) is 4.98 Å². The first-order valence-corrected chi connectivity index (χ1v) is 11.3. The van der Waals surface area contributed by atoms with E-state index in [1.165, 1.54) is 23.4 Å². The lowest BCUT2D eigenvalue weighted by Gasteiger charge is -2.26. The highest BCUT2D eigenvalue weighted by atomic mass is 35.5. The maximum Gasteiger partial charge on any atom is 0.417 e. The third-order valence-corrected chi connectivity index (χ3v) is 6.12. The quantitative estimate of drug-likeness (QED) is 0.297. The number of pyridine rings is 1. The van der Waals surface area contributed by atoms with Crippen LogP contribution in [0.2, 0.25) is 15.1 Å². The van der Waals surface area contributed by atoms with Gasteiger partial charge >= 0.3 is 6.18 Å². The molecule has 0 bridgehead atoms. The first kappa shape index (κ1) is 23.7. The molecule has 1 saturated heterocycles. The molecule has 0 N–H and O–H groups in total. The summed E-state index contributed by atoms with van der Waals surface area (Å²) in [5, 5.41) is 5.26. The largest absolute Gasteiger partial charge is 0.417 e. The van der Waals surface area contributed by atoms with Gasteiger partial charge in [0.2, 0.25) is 5.82 Å². The van der Waals surface area contributed by atoms with E-state index in [9.17, 15) is 18.0 Å². The van der Waals surface area contributed by atoms with Crippen LogP contribution in [-0.4, -0.2) is 37.0 Å². The van der Waals surface area contributed by atoms with Crippen molar-refractivity contribution in [1.82, 2.24) is 24.6 Å². The first-order chi connectivity index (χ1) is 16.6. The molecule has 3 aromatic heterocycles. The second-order valence-electron chi connectivity index (χ2n) is 7.66. The smallest absolute Gasteiger partial charge is 0.375 e. The second kappa shape index (κ2) is 8.89. The van der Waals surface area contributed by atoms with Gasteiger partial charge < -0.3 is 13.8 Å². The molecule has 0 saturated carbocycles. The van der Waals surface area contributed by atoms with Crippen LogP contribution >= 0.6 is 34.8 Å².